The fraction of sp³-hybridized carbons (Fsp3) is 0.867. The summed E-state index contributed by atoms with van der Waals surface area (Å²) in [4.78, 5) is 4.56. The van der Waals surface area contributed by atoms with Crippen molar-refractivity contribution in [3.63, 3.8) is 0 Å². The Balaban J connectivity index is 2.13. The SMILES string of the molecule is COC1(c2noc(CC(N)C(C)C)n2)CCCCCC1. The first-order chi connectivity index (χ1) is 9.57. The van der Waals surface area contributed by atoms with E-state index in [-0.39, 0.29) is 11.6 Å². The molecule has 0 bridgehead atoms. The first-order valence-electron chi connectivity index (χ1n) is 7.71. The standard InChI is InChI=1S/C15H27N3O2/c1-11(2)12(16)10-13-17-14(18-20-13)15(19-3)8-6-4-5-7-9-15/h11-12H,4-10,16H2,1-3H3. The van der Waals surface area contributed by atoms with Crippen LogP contribution < -0.4 is 5.73 Å². The molecule has 1 fully saturated rings. The monoisotopic (exact) mass is 281 g/mol. The summed E-state index contributed by atoms with van der Waals surface area (Å²) in [6, 6.07) is 0.0518. The van der Waals surface area contributed by atoms with Gasteiger partial charge in [0, 0.05) is 19.6 Å². The number of hydrogen-bond donors (Lipinski definition) is 1. The Hall–Kier alpha value is -0.940. The zero-order chi connectivity index (χ0) is 14.6. The van der Waals surface area contributed by atoms with E-state index in [2.05, 4.69) is 24.0 Å². The first kappa shape index (κ1) is 15.4. The summed E-state index contributed by atoms with van der Waals surface area (Å²) in [5, 5.41) is 4.17. The molecule has 1 heterocycles. The van der Waals surface area contributed by atoms with E-state index in [1.54, 1.807) is 7.11 Å². The molecule has 1 saturated carbocycles. The largest absolute Gasteiger partial charge is 0.370 e. The zero-order valence-corrected chi connectivity index (χ0v) is 12.9. The Kier molecular flexibility index (Phi) is 5.16. The lowest BCUT2D eigenvalue weighted by atomic mass is 9.93. The number of nitrogens with two attached hydrogens (primary N) is 1. The van der Waals surface area contributed by atoms with Crippen molar-refractivity contribution in [2.75, 3.05) is 7.11 Å². The minimum absolute atomic E-state index is 0.0518. The number of rotatable bonds is 5. The van der Waals surface area contributed by atoms with Crippen LogP contribution in [0.4, 0.5) is 0 Å². The van der Waals surface area contributed by atoms with Crippen LogP contribution in [0, 0.1) is 5.92 Å². The van der Waals surface area contributed by atoms with Gasteiger partial charge in [0.05, 0.1) is 0 Å². The Bertz CT molecular complexity index is 409. The fourth-order valence-corrected chi connectivity index (χ4v) is 2.78. The summed E-state index contributed by atoms with van der Waals surface area (Å²) >= 11 is 0. The molecule has 0 saturated heterocycles. The molecule has 0 amide bonds. The molecule has 0 spiro atoms. The van der Waals surface area contributed by atoms with Crippen molar-refractivity contribution in [2.24, 2.45) is 11.7 Å². The second-order valence-electron chi connectivity index (χ2n) is 6.24. The number of methoxy groups -OCH3 is 1. The van der Waals surface area contributed by atoms with E-state index in [9.17, 15) is 0 Å². The minimum Gasteiger partial charge on any atom is -0.370 e. The normalized spacial score (nSPS) is 20.9. The second-order valence-corrected chi connectivity index (χ2v) is 6.24. The number of hydrogen-bond acceptors (Lipinski definition) is 5. The van der Waals surface area contributed by atoms with Gasteiger partial charge < -0.3 is 15.0 Å². The van der Waals surface area contributed by atoms with Gasteiger partial charge in [0.15, 0.2) is 0 Å². The van der Waals surface area contributed by atoms with Crippen molar-refractivity contribution < 1.29 is 9.26 Å². The first-order valence-corrected chi connectivity index (χ1v) is 7.71. The van der Waals surface area contributed by atoms with Crippen LogP contribution in [0.25, 0.3) is 0 Å². The van der Waals surface area contributed by atoms with Crippen LogP contribution >= 0.6 is 0 Å². The van der Waals surface area contributed by atoms with Gasteiger partial charge in [-0.25, -0.2) is 0 Å². The topological polar surface area (TPSA) is 74.2 Å². The zero-order valence-electron chi connectivity index (χ0n) is 12.9. The molecule has 1 aliphatic carbocycles. The van der Waals surface area contributed by atoms with Gasteiger partial charge in [-0.3, -0.25) is 0 Å². The predicted octanol–water partition coefficient (Wildman–Crippen LogP) is 2.79. The average molecular weight is 281 g/mol. The van der Waals surface area contributed by atoms with Crippen LogP contribution in [0.5, 0.6) is 0 Å². The molecule has 5 nitrogen and oxygen atoms in total. The maximum Gasteiger partial charge on any atom is 0.228 e. The summed E-state index contributed by atoms with van der Waals surface area (Å²) in [6.45, 7) is 4.20. The third-order valence-corrected chi connectivity index (χ3v) is 4.44. The lowest BCUT2D eigenvalue weighted by Gasteiger charge is -2.27. The molecule has 2 rings (SSSR count). The third-order valence-electron chi connectivity index (χ3n) is 4.44. The minimum atomic E-state index is -0.361. The molecular formula is C15H27N3O2. The van der Waals surface area contributed by atoms with Crippen LogP contribution in [0.1, 0.15) is 64.1 Å². The van der Waals surface area contributed by atoms with Crippen LogP contribution in [-0.2, 0) is 16.8 Å². The van der Waals surface area contributed by atoms with Gasteiger partial charge in [0.25, 0.3) is 0 Å². The van der Waals surface area contributed by atoms with Crippen LogP contribution in [0.2, 0.25) is 0 Å². The maximum atomic E-state index is 6.07. The van der Waals surface area contributed by atoms with Gasteiger partial charge in [0.2, 0.25) is 11.7 Å². The fourth-order valence-electron chi connectivity index (χ4n) is 2.78. The van der Waals surface area contributed by atoms with E-state index < -0.39 is 0 Å². The van der Waals surface area contributed by atoms with E-state index in [1.807, 2.05) is 0 Å². The molecule has 1 unspecified atom stereocenters. The lowest BCUT2D eigenvalue weighted by molar-refractivity contribution is -0.0365. The molecule has 0 aliphatic heterocycles. The molecule has 0 radical (unpaired) electrons. The van der Waals surface area contributed by atoms with Crippen molar-refractivity contribution in [1.29, 1.82) is 0 Å². The number of aromatic nitrogens is 2. The van der Waals surface area contributed by atoms with E-state index in [0.717, 1.165) is 25.7 Å². The van der Waals surface area contributed by atoms with Crippen LogP contribution in [0.15, 0.2) is 4.52 Å². The molecule has 2 N–H and O–H groups in total. The molecule has 1 aromatic rings. The second kappa shape index (κ2) is 6.68. The highest BCUT2D eigenvalue weighted by atomic mass is 16.5. The van der Waals surface area contributed by atoms with Crippen molar-refractivity contribution in [3.8, 4) is 0 Å². The van der Waals surface area contributed by atoms with Crippen LogP contribution in [0.3, 0.4) is 0 Å². The number of nitrogens with zero attached hydrogens (tertiary/aromatic N) is 2. The summed E-state index contributed by atoms with van der Waals surface area (Å²) < 4.78 is 11.2. The number of ether oxygens (including phenoxy) is 1. The van der Waals surface area contributed by atoms with Gasteiger partial charge >= 0.3 is 0 Å². The van der Waals surface area contributed by atoms with Crippen molar-refractivity contribution in [3.05, 3.63) is 11.7 Å². The molecule has 20 heavy (non-hydrogen) atoms. The Morgan fingerprint density at radius 1 is 1.25 bits per heavy atom. The van der Waals surface area contributed by atoms with Gasteiger partial charge in [-0.2, -0.15) is 4.98 Å². The molecule has 1 aromatic heterocycles. The van der Waals surface area contributed by atoms with Crippen LogP contribution in [-0.4, -0.2) is 23.3 Å². The van der Waals surface area contributed by atoms with Gasteiger partial charge in [-0.15, -0.1) is 0 Å². The van der Waals surface area contributed by atoms with Crippen molar-refractivity contribution in [1.82, 2.24) is 10.1 Å². The maximum absolute atomic E-state index is 6.07. The molecule has 114 valence electrons. The Morgan fingerprint density at radius 2 is 1.90 bits per heavy atom. The average Bonchev–Trinajstić information content (AvgIpc) is 2.76. The van der Waals surface area contributed by atoms with E-state index >= 15 is 0 Å². The molecular weight excluding hydrogens is 254 g/mol. The summed E-state index contributed by atoms with van der Waals surface area (Å²) in [5.41, 5.74) is 5.71. The molecule has 1 atom stereocenters. The highest BCUT2D eigenvalue weighted by Gasteiger charge is 2.37. The molecule has 5 heteroatoms. The molecule has 0 aromatic carbocycles. The highest BCUT2D eigenvalue weighted by Crippen LogP contribution is 2.37. The van der Waals surface area contributed by atoms with Crippen molar-refractivity contribution in [2.45, 2.75) is 70.4 Å². The summed E-state index contributed by atoms with van der Waals surface area (Å²) in [7, 11) is 1.75. The highest BCUT2D eigenvalue weighted by molar-refractivity contribution is 5.03. The quantitative estimate of drug-likeness (QED) is 0.840. The van der Waals surface area contributed by atoms with E-state index in [1.165, 1.54) is 12.8 Å². The third kappa shape index (κ3) is 3.38. The smallest absolute Gasteiger partial charge is 0.228 e. The Morgan fingerprint density at radius 3 is 2.45 bits per heavy atom. The molecule has 1 aliphatic rings. The predicted molar refractivity (Wildman–Crippen MR) is 77.2 cm³/mol. The summed E-state index contributed by atoms with van der Waals surface area (Å²) in [6.07, 6.45) is 7.40. The van der Waals surface area contributed by atoms with Crippen molar-refractivity contribution >= 4 is 0 Å². The Labute approximate surface area is 121 Å². The lowest BCUT2D eigenvalue weighted by Crippen LogP contribution is -2.30. The van der Waals surface area contributed by atoms with Gasteiger partial charge in [-0.1, -0.05) is 44.7 Å². The summed E-state index contributed by atoms with van der Waals surface area (Å²) in [5.74, 6) is 1.73. The van der Waals surface area contributed by atoms with E-state index in [0.29, 0.717) is 24.1 Å². The van der Waals surface area contributed by atoms with Gasteiger partial charge in [-0.05, 0) is 18.8 Å². The van der Waals surface area contributed by atoms with Gasteiger partial charge in [0.1, 0.15) is 5.60 Å². The van der Waals surface area contributed by atoms with E-state index in [4.69, 9.17) is 15.0 Å².